The van der Waals surface area contributed by atoms with E-state index in [1.807, 2.05) is 43.3 Å². The number of hydrazone groups is 1. The summed E-state index contributed by atoms with van der Waals surface area (Å²) in [5.41, 5.74) is 5.07. The predicted molar refractivity (Wildman–Crippen MR) is 151 cm³/mol. The number of benzene rings is 2. The number of nitrogens with one attached hydrogen (secondary N) is 1. The number of thiophene rings is 1. The fourth-order valence-corrected chi connectivity index (χ4v) is 6.49. The second-order valence-corrected chi connectivity index (χ2v) is 10.9. The first kappa shape index (κ1) is 25.5. The molecule has 7 nitrogen and oxygen atoms in total. The molecule has 10 heteroatoms. The van der Waals surface area contributed by atoms with Crippen LogP contribution in [0.2, 0.25) is 5.02 Å². The number of fused-ring (bicyclic) bond motifs is 3. The fourth-order valence-electron chi connectivity index (χ4n) is 4.26. The molecular formula is C27H25ClN4O3S2. The quantitative estimate of drug-likeness (QED) is 0.133. The summed E-state index contributed by atoms with van der Waals surface area (Å²) in [7, 11) is 0. The Kier molecular flexibility index (Phi) is 7.93. The molecule has 1 amide bonds. The van der Waals surface area contributed by atoms with Gasteiger partial charge in [0.25, 0.3) is 11.5 Å². The van der Waals surface area contributed by atoms with Crippen LogP contribution in [0.5, 0.6) is 5.75 Å². The third kappa shape index (κ3) is 5.74. The van der Waals surface area contributed by atoms with Crippen LogP contribution in [0.3, 0.4) is 0 Å². The van der Waals surface area contributed by atoms with E-state index in [4.69, 9.17) is 21.3 Å². The first-order chi connectivity index (χ1) is 18.0. The van der Waals surface area contributed by atoms with Gasteiger partial charge in [0.1, 0.15) is 10.6 Å². The summed E-state index contributed by atoms with van der Waals surface area (Å²) in [4.78, 5) is 33.2. The Bertz CT molecular complexity index is 1510. The molecule has 0 bridgehead atoms. The molecule has 37 heavy (non-hydrogen) atoms. The van der Waals surface area contributed by atoms with Crippen LogP contribution in [-0.4, -0.2) is 34.0 Å². The van der Waals surface area contributed by atoms with Gasteiger partial charge in [0.15, 0.2) is 5.16 Å². The van der Waals surface area contributed by atoms with Crippen molar-refractivity contribution in [3.05, 3.63) is 79.9 Å². The minimum Gasteiger partial charge on any atom is -0.494 e. The molecule has 4 aromatic rings. The average Bonchev–Trinajstić information content (AvgIpc) is 3.28. The lowest BCUT2D eigenvalue weighted by atomic mass is 9.97. The van der Waals surface area contributed by atoms with Gasteiger partial charge in [-0.3, -0.25) is 14.2 Å². The lowest BCUT2D eigenvalue weighted by Crippen LogP contribution is -2.24. The molecule has 1 N–H and O–H groups in total. The maximum atomic E-state index is 13.8. The van der Waals surface area contributed by atoms with E-state index in [2.05, 4.69) is 10.5 Å². The third-order valence-electron chi connectivity index (χ3n) is 5.97. The number of hydrogen-bond acceptors (Lipinski definition) is 7. The number of ether oxygens (including phenoxy) is 1. The van der Waals surface area contributed by atoms with Gasteiger partial charge in [0.05, 0.1) is 29.6 Å². The molecule has 2 heterocycles. The van der Waals surface area contributed by atoms with Crippen LogP contribution < -0.4 is 15.7 Å². The van der Waals surface area contributed by atoms with Crippen molar-refractivity contribution in [1.29, 1.82) is 0 Å². The van der Waals surface area contributed by atoms with Gasteiger partial charge in [-0.15, -0.1) is 11.3 Å². The van der Waals surface area contributed by atoms with Crippen LogP contribution in [0, 0.1) is 0 Å². The van der Waals surface area contributed by atoms with E-state index >= 15 is 0 Å². The average molecular weight is 553 g/mol. The standard InChI is InChI=1S/C27H25ClN4O3S2/c1-2-35-20-13-11-19(12-14-20)32-26(34)24-21-5-3-4-6-22(21)37-25(24)30-27(32)36-16-23(33)31-29-15-17-7-9-18(28)10-8-17/h7-15H,2-6,16H2,1H3,(H,31,33). The molecule has 2 aromatic carbocycles. The van der Waals surface area contributed by atoms with E-state index in [0.717, 1.165) is 47.4 Å². The molecule has 0 radical (unpaired) electrons. The monoisotopic (exact) mass is 552 g/mol. The number of rotatable bonds is 8. The van der Waals surface area contributed by atoms with Crippen molar-refractivity contribution in [1.82, 2.24) is 15.0 Å². The van der Waals surface area contributed by atoms with Gasteiger partial charge in [-0.1, -0.05) is 35.5 Å². The molecule has 0 unspecified atom stereocenters. The van der Waals surface area contributed by atoms with Gasteiger partial charge < -0.3 is 4.74 Å². The number of halogens is 1. The highest BCUT2D eigenvalue weighted by Crippen LogP contribution is 2.35. The predicted octanol–water partition coefficient (Wildman–Crippen LogP) is 5.62. The molecule has 1 aliphatic rings. The summed E-state index contributed by atoms with van der Waals surface area (Å²) < 4.78 is 7.17. The second kappa shape index (κ2) is 11.5. The highest BCUT2D eigenvalue weighted by Gasteiger charge is 2.23. The highest BCUT2D eigenvalue weighted by atomic mass is 35.5. The fraction of sp³-hybridized carbons (Fsp3) is 0.259. The molecule has 0 spiro atoms. The van der Waals surface area contributed by atoms with Crippen molar-refractivity contribution in [3.8, 4) is 11.4 Å². The Balaban J connectivity index is 1.43. The van der Waals surface area contributed by atoms with Crippen molar-refractivity contribution in [3.63, 3.8) is 0 Å². The van der Waals surface area contributed by atoms with Gasteiger partial charge >= 0.3 is 0 Å². The number of amides is 1. The van der Waals surface area contributed by atoms with Crippen LogP contribution in [0.15, 0.2) is 63.6 Å². The molecule has 0 saturated heterocycles. The van der Waals surface area contributed by atoms with Crippen molar-refractivity contribution in [2.24, 2.45) is 5.10 Å². The Morgan fingerprint density at radius 1 is 1.19 bits per heavy atom. The number of aromatic nitrogens is 2. The summed E-state index contributed by atoms with van der Waals surface area (Å²) >= 11 is 8.71. The van der Waals surface area contributed by atoms with Crippen molar-refractivity contribution < 1.29 is 9.53 Å². The van der Waals surface area contributed by atoms with Crippen molar-refractivity contribution >= 4 is 57.0 Å². The summed E-state index contributed by atoms with van der Waals surface area (Å²) in [6, 6.07) is 14.5. The Morgan fingerprint density at radius 2 is 1.95 bits per heavy atom. The molecule has 0 atom stereocenters. The first-order valence-electron chi connectivity index (χ1n) is 12.0. The SMILES string of the molecule is CCOc1ccc(-n2c(SCC(=O)NN=Cc3ccc(Cl)cc3)nc3sc4c(c3c2=O)CCCC4)cc1. The van der Waals surface area contributed by atoms with Crippen LogP contribution in [0.4, 0.5) is 0 Å². The van der Waals surface area contributed by atoms with E-state index in [1.54, 1.807) is 34.3 Å². The van der Waals surface area contributed by atoms with Crippen LogP contribution in [0.1, 0.15) is 35.8 Å². The maximum absolute atomic E-state index is 13.8. The third-order valence-corrected chi connectivity index (χ3v) is 8.35. The highest BCUT2D eigenvalue weighted by molar-refractivity contribution is 7.99. The summed E-state index contributed by atoms with van der Waals surface area (Å²) in [5.74, 6) is 0.486. The van der Waals surface area contributed by atoms with Gasteiger partial charge in [-0.05, 0) is 80.1 Å². The molecular weight excluding hydrogens is 528 g/mol. The van der Waals surface area contributed by atoms with Gasteiger partial charge in [0.2, 0.25) is 0 Å². The summed E-state index contributed by atoms with van der Waals surface area (Å²) in [6.45, 7) is 2.49. The Labute approximate surface area is 227 Å². The number of hydrogen-bond donors (Lipinski definition) is 1. The van der Waals surface area contributed by atoms with Crippen molar-refractivity contribution in [2.45, 2.75) is 37.8 Å². The number of carbonyl (C=O) groups excluding carboxylic acids is 1. The van der Waals surface area contributed by atoms with Gasteiger partial charge in [0, 0.05) is 9.90 Å². The number of nitrogens with zero attached hydrogens (tertiary/aromatic N) is 3. The molecule has 1 aliphatic carbocycles. The number of thioether (sulfide) groups is 1. The number of carbonyl (C=O) groups is 1. The molecule has 0 aliphatic heterocycles. The van der Waals surface area contributed by atoms with Gasteiger partial charge in [-0.25, -0.2) is 10.4 Å². The topological polar surface area (TPSA) is 85.6 Å². The Hall–Kier alpha value is -3.14. The molecule has 190 valence electrons. The van der Waals surface area contributed by atoms with Gasteiger partial charge in [-0.2, -0.15) is 5.10 Å². The minimum absolute atomic E-state index is 0.0536. The molecule has 0 saturated carbocycles. The molecule has 5 rings (SSSR count). The summed E-state index contributed by atoms with van der Waals surface area (Å²) in [5, 5.41) is 5.83. The Morgan fingerprint density at radius 3 is 2.70 bits per heavy atom. The minimum atomic E-state index is -0.298. The molecule has 2 aromatic heterocycles. The second-order valence-electron chi connectivity index (χ2n) is 8.49. The molecule has 0 fully saturated rings. The van der Waals surface area contributed by atoms with E-state index in [1.165, 1.54) is 16.6 Å². The van der Waals surface area contributed by atoms with Crippen LogP contribution in [-0.2, 0) is 17.6 Å². The number of aryl methyl sites for hydroxylation is 2. The van der Waals surface area contributed by atoms with Crippen LogP contribution in [0.25, 0.3) is 15.9 Å². The lowest BCUT2D eigenvalue weighted by molar-refractivity contribution is -0.118. The first-order valence-corrected chi connectivity index (χ1v) is 14.2. The largest absolute Gasteiger partial charge is 0.494 e. The van der Waals surface area contributed by atoms with E-state index < -0.39 is 0 Å². The maximum Gasteiger partial charge on any atom is 0.267 e. The van der Waals surface area contributed by atoms with E-state index in [0.29, 0.717) is 27.9 Å². The van der Waals surface area contributed by atoms with Crippen LogP contribution >= 0.6 is 34.7 Å². The lowest BCUT2D eigenvalue weighted by Gasteiger charge is -2.14. The van der Waals surface area contributed by atoms with Crippen molar-refractivity contribution in [2.75, 3.05) is 12.4 Å². The zero-order chi connectivity index (χ0) is 25.8. The van der Waals surface area contributed by atoms with E-state index in [9.17, 15) is 9.59 Å². The smallest absolute Gasteiger partial charge is 0.267 e. The zero-order valence-electron chi connectivity index (χ0n) is 20.2. The van der Waals surface area contributed by atoms with E-state index in [-0.39, 0.29) is 17.2 Å². The normalized spacial score (nSPS) is 13.1. The zero-order valence-corrected chi connectivity index (χ0v) is 22.6. The summed E-state index contributed by atoms with van der Waals surface area (Å²) in [6.07, 6.45) is 5.64.